The van der Waals surface area contributed by atoms with Gasteiger partial charge in [0, 0.05) is 12.2 Å². The summed E-state index contributed by atoms with van der Waals surface area (Å²) in [6, 6.07) is 5.01. The molecule has 0 fully saturated rings. The first kappa shape index (κ1) is 16.7. The van der Waals surface area contributed by atoms with Gasteiger partial charge in [-0.1, -0.05) is 25.4 Å². The largest absolute Gasteiger partial charge is 0.462 e. The Kier molecular flexibility index (Phi) is 6.75. The smallest absolute Gasteiger partial charge is 0.339 e. The van der Waals surface area contributed by atoms with Crippen LogP contribution in [0.2, 0.25) is 5.02 Å². The molecule has 0 aliphatic rings. The molecular formula is C14H19ClN2O2S. The molecule has 0 heterocycles. The maximum Gasteiger partial charge on any atom is 0.339 e. The summed E-state index contributed by atoms with van der Waals surface area (Å²) in [5.74, 6) is 0.0779. The van der Waals surface area contributed by atoms with E-state index >= 15 is 0 Å². The van der Waals surface area contributed by atoms with Crippen molar-refractivity contribution in [1.82, 2.24) is 5.32 Å². The van der Waals surface area contributed by atoms with Gasteiger partial charge in [-0.25, -0.2) is 4.79 Å². The van der Waals surface area contributed by atoms with Crippen molar-refractivity contribution in [2.45, 2.75) is 20.8 Å². The molecular weight excluding hydrogens is 296 g/mol. The Bertz CT molecular complexity index is 492. The van der Waals surface area contributed by atoms with Crippen molar-refractivity contribution in [3.63, 3.8) is 0 Å². The first-order valence-corrected chi connectivity index (χ1v) is 7.24. The van der Waals surface area contributed by atoms with Crippen LogP contribution in [0.5, 0.6) is 0 Å². The van der Waals surface area contributed by atoms with E-state index in [0.29, 0.717) is 28.2 Å². The number of nitrogens with one attached hydrogen (secondary N) is 2. The second-order valence-electron chi connectivity index (χ2n) is 4.64. The Morgan fingerprint density at radius 1 is 1.45 bits per heavy atom. The van der Waals surface area contributed by atoms with Gasteiger partial charge in [0.05, 0.1) is 17.2 Å². The van der Waals surface area contributed by atoms with Crippen LogP contribution in [-0.2, 0) is 4.74 Å². The van der Waals surface area contributed by atoms with Crippen LogP contribution in [0.1, 0.15) is 31.1 Å². The molecule has 0 aliphatic carbocycles. The molecule has 4 nitrogen and oxygen atoms in total. The van der Waals surface area contributed by atoms with Crippen LogP contribution in [0.4, 0.5) is 5.69 Å². The number of hydrogen-bond donors (Lipinski definition) is 2. The van der Waals surface area contributed by atoms with Crippen molar-refractivity contribution in [2.75, 3.05) is 18.5 Å². The Hall–Kier alpha value is -1.33. The second kappa shape index (κ2) is 8.07. The quantitative estimate of drug-likeness (QED) is 0.644. The molecule has 0 bridgehead atoms. The lowest BCUT2D eigenvalue weighted by atomic mass is 10.2. The number of thiocarbonyl (C=S) groups is 1. The summed E-state index contributed by atoms with van der Waals surface area (Å²) >= 11 is 11.2. The Morgan fingerprint density at radius 2 is 2.15 bits per heavy atom. The van der Waals surface area contributed by atoms with Crippen LogP contribution in [0.15, 0.2) is 18.2 Å². The minimum atomic E-state index is -0.426. The number of hydrogen-bond acceptors (Lipinski definition) is 3. The summed E-state index contributed by atoms with van der Waals surface area (Å²) in [5, 5.41) is 6.97. The number of rotatable bonds is 5. The number of halogens is 1. The van der Waals surface area contributed by atoms with Crippen LogP contribution in [0.3, 0.4) is 0 Å². The lowest BCUT2D eigenvalue weighted by molar-refractivity contribution is 0.0526. The fourth-order valence-corrected chi connectivity index (χ4v) is 1.90. The van der Waals surface area contributed by atoms with Gasteiger partial charge in [0.1, 0.15) is 0 Å². The van der Waals surface area contributed by atoms with Gasteiger partial charge in [0.2, 0.25) is 0 Å². The molecule has 0 saturated carbocycles. The van der Waals surface area contributed by atoms with Crippen LogP contribution in [-0.4, -0.2) is 24.2 Å². The van der Waals surface area contributed by atoms with Crippen molar-refractivity contribution in [2.24, 2.45) is 5.92 Å². The van der Waals surface area contributed by atoms with E-state index in [0.717, 1.165) is 12.2 Å². The molecule has 20 heavy (non-hydrogen) atoms. The van der Waals surface area contributed by atoms with Crippen molar-refractivity contribution < 1.29 is 9.53 Å². The molecule has 2 N–H and O–H groups in total. The lowest BCUT2D eigenvalue weighted by Crippen LogP contribution is -2.31. The van der Waals surface area contributed by atoms with Crippen LogP contribution < -0.4 is 10.6 Å². The molecule has 1 aromatic carbocycles. The number of carbonyl (C=O) groups is 1. The molecule has 1 aromatic rings. The molecule has 0 aliphatic heterocycles. The molecule has 6 heteroatoms. The minimum Gasteiger partial charge on any atom is -0.462 e. The summed E-state index contributed by atoms with van der Waals surface area (Å²) in [6.07, 6.45) is 0. The van der Waals surface area contributed by atoms with Crippen molar-refractivity contribution in [3.8, 4) is 0 Å². The van der Waals surface area contributed by atoms with E-state index in [1.807, 2.05) is 0 Å². The predicted molar refractivity (Wildman–Crippen MR) is 86.5 cm³/mol. The number of carbonyl (C=O) groups excluding carboxylic acids is 1. The van der Waals surface area contributed by atoms with E-state index in [4.69, 9.17) is 28.6 Å². The van der Waals surface area contributed by atoms with Gasteiger partial charge in [-0.15, -0.1) is 0 Å². The SMILES string of the molecule is CCOC(=O)c1ccc(NC(=S)NCC(C)C)cc1Cl. The fourth-order valence-electron chi connectivity index (χ4n) is 1.44. The maximum atomic E-state index is 11.6. The standard InChI is InChI=1S/C14H19ClN2O2S/c1-4-19-13(18)11-6-5-10(7-12(11)15)17-14(20)16-8-9(2)3/h5-7,9H,4,8H2,1-3H3,(H2,16,17,20). The number of anilines is 1. The summed E-state index contributed by atoms with van der Waals surface area (Å²) in [5.41, 5.74) is 1.07. The molecule has 0 amide bonds. The number of ether oxygens (including phenoxy) is 1. The molecule has 0 spiro atoms. The van der Waals surface area contributed by atoms with Crippen molar-refractivity contribution in [1.29, 1.82) is 0 Å². The monoisotopic (exact) mass is 314 g/mol. The van der Waals surface area contributed by atoms with E-state index in [9.17, 15) is 4.79 Å². The second-order valence-corrected chi connectivity index (χ2v) is 5.46. The van der Waals surface area contributed by atoms with Crippen LogP contribution >= 0.6 is 23.8 Å². The highest BCUT2D eigenvalue weighted by molar-refractivity contribution is 7.80. The van der Waals surface area contributed by atoms with E-state index in [1.165, 1.54) is 0 Å². The predicted octanol–water partition coefficient (Wildman–Crippen LogP) is 3.46. The van der Waals surface area contributed by atoms with Crippen LogP contribution in [0, 0.1) is 5.92 Å². The Morgan fingerprint density at radius 3 is 2.70 bits per heavy atom. The third-order valence-electron chi connectivity index (χ3n) is 2.39. The van der Waals surface area contributed by atoms with Gasteiger partial charge in [0.25, 0.3) is 0 Å². The molecule has 0 unspecified atom stereocenters. The zero-order valence-electron chi connectivity index (χ0n) is 11.8. The van der Waals surface area contributed by atoms with E-state index in [-0.39, 0.29) is 0 Å². The average molecular weight is 315 g/mol. The normalized spacial score (nSPS) is 10.2. The van der Waals surface area contributed by atoms with E-state index < -0.39 is 5.97 Å². The highest BCUT2D eigenvalue weighted by Gasteiger charge is 2.12. The minimum absolute atomic E-state index is 0.318. The van der Waals surface area contributed by atoms with E-state index in [2.05, 4.69) is 24.5 Å². The molecule has 0 atom stereocenters. The lowest BCUT2D eigenvalue weighted by Gasteiger charge is -2.13. The molecule has 0 aromatic heterocycles. The molecule has 0 radical (unpaired) electrons. The maximum absolute atomic E-state index is 11.6. The van der Waals surface area contributed by atoms with Crippen LogP contribution in [0.25, 0.3) is 0 Å². The van der Waals surface area contributed by atoms with Gasteiger partial charge in [-0.05, 0) is 43.3 Å². The van der Waals surface area contributed by atoms with E-state index in [1.54, 1.807) is 25.1 Å². The summed E-state index contributed by atoms with van der Waals surface area (Å²) < 4.78 is 4.91. The molecule has 110 valence electrons. The number of benzene rings is 1. The Labute approximate surface area is 129 Å². The fraction of sp³-hybridized carbons (Fsp3) is 0.429. The average Bonchev–Trinajstić information content (AvgIpc) is 2.36. The highest BCUT2D eigenvalue weighted by Crippen LogP contribution is 2.21. The highest BCUT2D eigenvalue weighted by atomic mass is 35.5. The zero-order chi connectivity index (χ0) is 15.1. The summed E-state index contributed by atoms with van der Waals surface area (Å²) in [6.45, 7) is 7.06. The van der Waals surface area contributed by atoms with Crippen molar-refractivity contribution in [3.05, 3.63) is 28.8 Å². The zero-order valence-corrected chi connectivity index (χ0v) is 13.4. The first-order chi connectivity index (χ1) is 9.43. The van der Waals surface area contributed by atoms with Gasteiger partial charge in [-0.3, -0.25) is 0 Å². The molecule has 1 rings (SSSR count). The van der Waals surface area contributed by atoms with Gasteiger partial charge in [0.15, 0.2) is 5.11 Å². The molecule has 0 saturated heterocycles. The topological polar surface area (TPSA) is 50.4 Å². The number of esters is 1. The Balaban J connectivity index is 2.68. The first-order valence-electron chi connectivity index (χ1n) is 6.45. The third-order valence-corrected chi connectivity index (χ3v) is 2.95. The van der Waals surface area contributed by atoms with Crippen molar-refractivity contribution >= 4 is 40.6 Å². The van der Waals surface area contributed by atoms with Gasteiger partial charge < -0.3 is 15.4 Å². The third kappa shape index (κ3) is 5.35. The summed E-state index contributed by atoms with van der Waals surface area (Å²) in [7, 11) is 0. The van der Waals surface area contributed by atoms with Gasteiger partial charge in [-0.2, -0.15) is 0 Å². The summed E-state index contributed by atoms with van der Waals surface area (Å²) in [4.78, 5) is 11.6. The van der Waals surface area contributed by atoms with Gasteiger partial charge >= 0.3 is 5.97 Å².